The minimum atomic E-state index is -4.09. The third-order valence-corrected chi connectivity index (χ3v) is 5.98. The summed E-state index contributed by atoms with van der Waals surface area (Å²) in [5.74, 6) is -0.775. The highest BCUT2D eigenvalue weighted by molar-refractivity contribution is 5.92. The molecule has 0 saturated heterocycles. The van der Waals surface area contributed by atoms with E-state index in [4.69, 9.17) is 10.5 Å². The van der Waals surface area contributed by atoms with E-state index in [1.54, 1.807) is 12.1 Å². The van der Waals surface area contributed by atoms with Gasteiger partial charge in [-0.15, -0.1) is 0 Å². The number of amides is 1. The first-order valence-electron chi connectivity index (χ1n) is 10.6. The first kappa shape index (κ1) is 22.1. The minimum absolute atomic E-state index is 0.0799. The van der Waals surface area contributed by atoms with Gasteiger partial charge in [-0.05, 0) is 48.8 Å². The van der Waals surface area contributed by atoms with Crippen LogP contribution in [0.4, 0.5) is 13.2 Å². The summed E-state index contributed by atoms with van der Waals surface area (Å²) in [5.41, 5.74) is 6.58. The zero-order chi connectivity index (χ0) is 22.7. The van der Waals surface area contributed by atoms with Crippen LogP contribution in [0.2, 0.25) is 0 Å². The number of nitrogens with two attached hydrogens (primary N) is 1. The molecule has 3 N–H and O–H groups in total. The molecule has 1 saturated carbocycles. The van der Waals surface area contributed by atoms with Gasteiger partial charge in [0.15, 0.2) is 0 Å². The lowest BCUT2D eigenvalue weighted by molar-refractivity contribution is -0.182. The Bertz CT molecular complexity index is 1090. The number of alkyl halides is 3. The van der Waals surface area contributed by atoms with Crippen LogP contribution in [-0.4, -0.2) is 23.1 Å². The van der Waals surface area contributed by atoms with Gasteiger partial charge in [0.25, 0.3) is 0 Å². The van der Waals surface area contributed by atoms with E-state index in [1.807, 2.05) is 36.4 Å². The van der Waals surface area contributed by atoms with Crippen LogP contribution in [0.3, 0.4) is 0 Å². The number of hydrogen-bond acceptors (Lipinski definition) is 4. The average Bonchev–Trinajstić information content (AvgIpc) is 2.78. The van der Waals surface area contributed by atoms with Gasteiger partial charge < -0.3 is 15.8 Å². The van der Waals surface area contributed by atoms with Crippen LogP contribution in [0.1, 0.15) is 41.6 Å². The first-order chi connectivity index (χ1) is 15.3. The fraction of sp³-hybridized carbons (Fsp3) is 0.333. The number of carbonyl (C=O) groups is 1. The molecule has 5 nitrogen and oxygen atoms in total. The number of rotatable bonds is 6. The second-order valence-corrected chi connectivity index (χ2v) is 8.09. The van der Waals surface area contributed by atoms with Crippen molar-refractivity contribution in [2.75, 3.05) is 0 Å². The van der Waals surface area contributed by atoms with Crippen molar-refractivity contribution in [3.63, 3.8) is 0 Å². The van der Waals surface area contributed by atoms with Gasteiger partial charge in [0.05, 0.1) is 11.5 Å². The predicted molar refractivity (Wildman–Crippen MR) is 115 cm³/mol. The molecule has 32 heavy (non-hydrogen) atoms. The lowest BCUT2D eigenvalue weighted by Gasteiger charge is -2.30. The van der Waals surface area contributed by atoms with E-state index in [-0.39, 0.29) is 18.9 Å². The van der Waals surface area contributed by atoms with Crippen molar-refractivity contribution < 1.29 is 22.7 Å². The van der Waals surface area contributed by atoms with Crippen molar-refractivity contribution in [3.05, 3.63) is 65.9 Å². The van der Waals surface area contributed by atoms with Crippen molar-refractivity contribution in [2.45, 2.75) is 44.4 Å². The molecule has 0 aliphatic heterocycles. The van der Waals surface area contributed by atoms with Crippen LogP contribution in [0.5, 0.6) is 11.6 Å². The van der Waals surface area contributed by atoms with Crippen LogP contribution in [0.25, 0.3) is 10.8 Å². The van der Waals surface area contributed by atoms with Crippen LogP contribution in [-0.2, 0) is 6.54 Å². The molecule has 3 aromatic rings. The third kappa shape index (κ3) is 5.02. The lowest BCUT2D eigenvalue weighted by Crippen LogP contribution is -2.36. The Hall–Kier alpha value is -3.13. The molecule has 0 spiro atoms. The molecule has 1 aromatic heterocycles. The first-order valence-corrected chi connectivity index (χ1v) is 10.6. The van der Waals surface area contributed by atoms with E-state index < -0.39 is 18.0 Å². The Morgan fingerprint density at radius 3 is 2.38 bits per heavy atom. The van der Waals surface area contributed by atoms with Gasteiger partial charge in [0.2, 0.25) is 11.8 Å². The fourth-order valence-electron chi connectivity index (χ4n) is 4.16. The molecule has 0 atom stereocenters. The Balaban J connectivity index is 1.46. The summed E-state index contributed by atoms with van der Waals surface area (Å²) < 4.78 is 44.6. The van der Waals surface area contributed by atoms with Crippen LogP contribution >= 0.6 is 0 Å². The van der Waals surface area contributed by atoms with Crippen LogP contribution < -0.4 is 15.8 Å². The molecule has 1 aliphatic rings. The number of carbonyl (C=O) groups excluding carboxylic acids is 1. The number of nitrogens with one attached hydrogen (secondary N) is 1. The summed E-state index contributed by atoms with van der Waals surface area (Å²) in [6, 6.07) is 14.8. The van der Waals surface area contributed by atoms with Gasteiger partial charge >= 0.3 is 6.18 Å². The van der Waals surface area contributed by atoms with Crippen molar-refractivity contribution in [2.24, 2.45) is 11.7 Å². The molecule has 2 aromatic carbocycles. The molecule has 0 radical (unpaired) electrons. The number of nitrogens with zero attached hydrogens (tertiary/aromatic N) is 1. The second-order valence-electron chi connectivity index (χ2n) is 8.09. The van der Waals surface area contributed by atoms with Gasteiger partial charge in [-0.1, -0.05) is 30.3 Å². The van der Waals surface area contributed by atoms with E-state index in [0.29, 0.717) is 36.6 Å². The molecule has 168 valence electrons. The SMILES string of the molecule is NC(=O)c1ccc(Oc2ccc(CNC3CCC(C(F)(F)F)CC3)c3ccccc23)nc1. The molecule has 0 bridgehead atoms. The third-order valence-electron chi connectivity index (χ3n) is 5.98. The zero-order valence-electron chi connectivity index (χ0n) is 17.4. The van der Waals surface area contributed by atoms with E-state index in [0.717, 1.165) is 16.3 Å². The van der Waals surface area contributed by atoms with Gasteiger partial charge in [0, 0.05) is 30.2 Å². The average molecular weight is 443 g/mol. The maximum atomic E-state index is 12.9. The minimum Gasteiger partial charge on any atom is -0.438 e. The molecule has 1 aliphatic carbocycles. The monoisotopic (exact) mass is 443 g/mol. The second kappa shape index (κ2) is 9.16. The van der Waals surface area contributed by atoms with Gasteiger partial charge in [0.1, 0.15) is 5.75 Å². The molecule has 0 unspecified atom stereocenters. The van der Waals surface area contributed by atoms with E-state index >= 15 is 0 Å². The Morgan fingerprint density at radius 1 is 1.03 bits per heavy atom. The summed E-state index contributed by atoms with van der Waals surface area (Å²) in [4.78, 5) is 15.3. The fourth-order valence-corrected chi connectivity index (χ4v) is 4.16. The molecule has 8 heteroatoms. The number of primary amides is 1. The molecular weight excluding hydrogens is 419 g/mol. The summed E-state index contributed by atoms with van der Waals surface area (Å²) in [5, 5.41) is 5.32. The number of fused-ring (bicyclic) bond motifs is 1. The highest BCUT2D eigenvalue weighted by atomic mass is 19.4. The number of ether oxygens (including phenoxy) is 1. The van der Waals surface area contributed by atoms with Gasteiger partial charge in [-0.25, -0.2) is 4.98 Å². The quantitative estimate of drug-likeness (QED) is 0.539. The van der Waals surface area contributed by atoms with Gasteiger partial charge in [-0.2, -0.15) is 13.2 Å². The maximum Gasteiger partial charge on any atom is 0.391 e. The maximum absolute atomic E-state index is 12.9. The number of aromatic nitrogens is 1. The van der Waals surface area contributed by atoms with Gasteiger partial charge in [-0.3, -0.25) is 4.79 Å². The van der Waals surface area contributed by atoms with Crippen molar-refractivity contribution in [3.8, 4) is 11.6 Å². The highest BCUT2D eigenvalue weighted by Gasteiger charge is 2.41. The summed E-state index contributed by atoms with van der Waals surface area (Å²) in [6.07, 6.45) is -1.32. The molecule has 4 rings (SSSR count). The normalized spacial score (nSPS) is 19.1. The molecule has 1 amide bonds. The Labute approximate surface area is 183 Å². The Kier molecular flexibility index (Phi) is 6.32. The standard InChI is InChI=1S/C24H24F3N3O2/c25-24(26,27)17-7-9-18(10-8-17)29-13-15-5-11-21(20-4-2-1-3-19(15)20)32-22-12-6-16(14-30-22)23(28)31/h1-6,11-12,14,17-18,29H,7-10,13H2,(H2,28,31). The summed E-state index contributed by atoms with van der Waals surface area (Å²) >= 11 is 0. The lowest BCUT2D eigenvalue weighted by atomic mass is 9.85. The van der Waals surface area contributed by atoms with Crippen LogP contribution in [0, 0.1) is 5.92 Å². The zero-order valence-corrected chi connectivity index (χ0v) is 17.4. The van der Waals surface area contributed by atoms with E-state index in [9.17, 15) is 18.0 Å². The smallest absolute Gasteiger partial charge is 0.391 e. The number of hydrogen-bond donors (Lipinski definition) is 2. The summed E-state index contributed by atoms with van der Waals surface area (Å²) in [6.45, 7) is 0.563. The number of pyridine rings is 1. The predicted octanol–water partition coefficient (Wildman–Crippen LogP) is 5.34. The van der Waals surface area contributed by atoms with E-state index in [1.165, 1.54) is 6.20 Å². The highest BCUT2D eigenvalue weighted by Crippen LogP contribution is 2.38. The molecular formula is C24H24F3N3O2. The summed E-state index contributed by atoms with van der Waals surface area (Å²) in [7, 11) is 0. The van der Waals surface area contributed by atoms with Crippen molar-refractivity contribution >= 4 is 16.7 Å². The largest absolute Gasteiger partial charge is 0.438 e. The van der Waals surface area contributed by atoms with Crippen molar-refractivity contribution in [1.29, 1.82) is 0 Å². The van der Waals surface area contributed by atoms with E-state index in [2.05, 4.69) is 10.3 Å². The number of halogens is 3. The number of benzene rings is 2. The topological polar surface area (TPSA) is 77.2 Å². The van der Waals surface area contributed by atoms with Crippen molar-refractivity contribution in [1.82, 2.24) is 10.3 Å². The van der Waals surface area contributed by atoms with Crippen LogP contribution in [0.15, 0.2) is 54.7 Å². The molecule has 1 fully saturated rings. The molecule has 1 heterocycles. The Morgan fingerprint density at radius 2 is 1.75 bits per heavy atom.